The Kier molecular flexibility index (Phi) is 6.86. The fraction of sp³-hybridized carbons (Fsp3) is 0.158. The van der Waals surface area contributed by atoms with Crippen LogP contribution in [0.3, 0.4) is 0 Å². The molecule has 0 unspecified atom stereocenters. The molecule has 2 aromatic carbocycles. The minimum absolute atomic E-state index is 0.0281. The first-order chi connectivity index (χ1) is 14.7. The third-order valence-corrected chi connectivity index (χ3v) is 7.99. The van der Waals surface area contributed by atoms with Crippen LogP contribution in [0.25, 0.3) is 10.2 Å². The van der Waals surface area contributed by atoms with Crippen LogP contribution in [-0.2, 0) is 20.0 Å². The molecule has 3 rings (SSSR count). The molecule has 0 saturated heterocycles. The largest absolute Gasteiger partial charge is 0.298 e. The smallest absolute Gasteiger partial charge is 0.257 e. The van der Waals surface area contributed by atoms with E-state index in [2.05, 4.69) is 26.3 Å². The maximum atomic E-state index is 12.5. The number of anilines is 1. The summed E-state index contributed by atoms with van der Waals surface area (Å²) in [5.41, 5.74) is 0.794. The van der Waals surface area contributed by atoms with Crippen LogP contribution in [0.1, 0.15) is 17.3 Å². The van der Waals surface area contributed by atoms with Gasteiger partial charge in [-0.1, -0.05) is 24.3 Å². The highest BCUT2D eigenvalue weighted by Crippen LogP contribution is 2.28. The van der Waals surface area contributed by atoms with Crippen LogP contribution < -0.4 is 14.8 Å². The molecule has 31 heavy (non-hydrogen) atoms. The molecule has 1 amide bonds. The number of carbonyl (C=O) groups is 1. The van der Waals surface area contributed by atoms with Crippen molar-refractivity contribution >= 4 is 52.6 Å². The average molecular weight is 481 g/mol. The second-order valence-electron chi connectivity index (χ2n) is 6.27. The zero-order chi connectivity index (χ0) is 22.6. The molecule has 0 atom stereocenters. The van der Waals surface area contributed by atoms with E-state index in [1.165, 1.54) is 42.5 Å². The standard InChI is InChI=1S/C19H20N4O5S3/c1-3-11-21-30(25,26)14-7-5-13(6-8-14)18(24)23-19-22-16-10-9-15(12-17(16)29-19)31(27,28)20-4-2/h3,5-10,12,20-21H,1,4,11H2,2H3,(H,22,23,24). The third kappa shape index (κ3) is 5.35. The van der Waals surface area contributed by atoms with Crippen LogP contribution in [-0.4, -0.2) is 40.8 Å². The molecular formula is C19H20N4O5S3. The molecular weight excluding hydrogens is 460 g/mol. The minimum atomic E-state index is -3.68. The lowest BCUT2D eigenvalue weighted by Gasteiger charge is -2.06. The molecule has 1 heterocycles. The molecule has 0 aliphatic carbocycles. The number of aromatic nitrogens is 1. The Hall–Kier alpha value is -2.64. The Bertz CT molecular complexity index is 1330. The fourth-order valence-corrected chi connectivity index (χ4v) is 5.65. The maximum Gasteiger partial charge on any atom is 0.257 e. The van der Waals surface area contributed by atoms with Crippen molar-refractivity contribution in [1.82, 2.24) is 14.4 Å². The van der Waals surface area contributed by atoms with Crippen molar-refractivity contribution in [3.8, 4) is 0 Å². The maximum absolute atomic E-state index is 12.5. The summed E-state index contributed by atoms with van der Waals surface area (Å²) >= 11 is 1.13. The van der Waals surface area contributed by atoms with Gasteiger partial charge in [0.1, 0.15) is 0 Å². The third-order valence-electron chi connectivity index (χ3n) is 4.07. The van der Waals surface area contributed by atoms with Crippen molar-refractivity contribution in [1.29, 1.82) is 0 Å². The predicted molar refractivity (Wildman–Crippen MR) is 120 cm³/mol. The van der Waals surface area contributed by atoms with E-state index in [0.717, 1.165) is 11.3 Å². The van der Waals surface area contributed by atoms with Gasteiger partial charge in [-0.2, -0.15) is 0 Å². The highest BCUT2D eigenvalue weighted by Gasteiger charge is 2.17. The molecule has 0 bridgehead atoms. The minimum Gasteiger partial charge on any atom is -0.298 e. The molecule has 164 valence electrons. The average Bonchev–Trinajstić information content (AvgIpc) is 3.13. The van der Waals surface area contributed by atoms with Crippen LogP contribution in [0.15, 0.2) is 64.9 Å². The second kappa shape index (κ2) is 9.24. The Morgan fingerprint density at radius 1 is 1.03 bits per heavy atom. The van der Waals surface area contributed by atoms with Crippen LogP contribution in [0, 0.1) is 0 Å². The summed E-state index contributed by atoms with van der Waals surface area (Å²) in [4.78, 5) is 16.9. The molecule has 3 aromatic rings. The zero-order valence-corrected chi connectivity index (χ0v) is 18.9. The number of fused-ring (bicyclic) bond motifs is 1. The van der Waals surface area contributed by atoms with Crippen LogP contribution >= 0.6 is 11.3 Å². The van der Waals surface area contributed by atoms with E-state index < -0.39 is 26.0 Å². The molecule has 12 heteroatoms. The number of nitrogens with zero attached hydrogens (tertiary/aromatic N) is 1. The van der Waals surface area contributed by atoms with Crippen molar-refractivity contribution in [3.05, 3.63) is 60.7 Å². The topological polar surface area (TPSA) is 134 Å². The number of carbonyl (C=O) groups excluding carboxylic acids is 1. The quantitative estimate of drug-likeness (QED) is 0.402. The van der Waals surface area contributed by atoms with Gasteiger partial charge in [0.15, 0.2) is 5.13 Å². The van der Waals surface area contributed by atoms with Crippen LogP contribution in [0.5, 0.6) is 0 Å². The van der Waals surface area contributed by atoms with Gasteiger partial charge in [0, 0.05) is 18.7 Å². The van der Waals surface area contributed by atoms with Crippen molar-refractivity contribution in [2.24, 2.45) is 0 Å². The number of amides is 1. The molecule has 9 nitrogen and oxygen atoms in total. The molecule has 0 spiro atoms. The van der Waals surface area contributed by atoms with E-state index in [1.807, 2.05) is 0 Å². The van der Waals surface area contributed by atoms with E-state index in [1.54, 1.807) is 13.0 Å². The summed E-state index contributed by atoms with van der Waals surface area (Å²) in [6, 6.07) is 9.97. The van der Waals surface area contributed by atoms with E-state index in [0.29, 0.717) is 15.3 Å². The number of benzene rings is 2. The SMILES string of the molecule is C=CCNS(=O)(=O)c1ccc(C(=O)Nc2nc3ccc(S(=O)(=O)NCC)cc3s2)cc1. The molecule has 0 radical (unpaired) electrons. The van der Waals surface area contributed by atoms with Gasteiger partial charge < -0.3 is 0 Å². The number of rotatable bonds is 9. The summed E-state index contributed by atoms with van der Waals surface area (Å²) in [6.07, 6.45) is 1.43. The van der Waals surface area contributed by atoms with Gasteiger partial charge in [-0.05, 0) is 42.5 Å². The summed E-state index contributed by atoms with van der Waals surface area (Å²) in [5.74, 6) is -0.470. The van der Waals surface area contributed by atoms with Gasteiger partial charge in [0.05, 0.1) is 20.0 Å². The van der Waals surface area contributed by atoms with Crippen molar-refractivity contribution in [3.63, 3.8) is 0 Å². The first-order valence-corrected chi connectivity index (χ1v) is 12.9. The summed E-state index contributed by atoms with van der Waals surface area (Å²) in [5, 5.41) is 2.94. The number of sulfonamides is 2. The normalized spacial score (nSPS) is 12.0. The lowest BCUT2D eigenvalue weighted by Crippen LogP contribution is -2.23. The number of hydrogen-bond donors (Lipinski definition) is 3. The van der Waals surface area contributed by atoms with Gasteiger partial charge >= 0.3 is 0 Å². The first kappa shape index (κ1) is 23.0. The molecule has 0 saturated carbocycles. The fourth-order valence-electron chi connectivity index (χ4n) is 2.61. The van der Waals surface area contributed by atoms with E-state index in [9.17, 15) is 21.6 Å². The van der Waals surface area contributed by atoms with Gasteiger partial charge in [0.2, 0.25) is 20.0 Å². The Morgan fingerprint density at radius 2 is 1.68 bits per heavy atom. The summed E-state index contributed by atoms with van der Waals surface area (Å²) in [6.45, 7) is 5.52. The van der Waals surface area contributed by atoms with Gasteiger partial charge in [-0.25, -0.2) is 31.3 Å². The Morgan fingerprint density at radius 3 is 2.32 bits per heavy atom. The molecule has 0 aliphatic rings. The molecule has 0 aliphatic heterocycles. The van der Waals surface area contributed by atoms with Gasteiger partial charge in [-0.15, -0.1) is 6.58 Å². The van der Waals surface area contributed by atoms with Crippen LogP contribution in [0.4, 0.5) is 5.13 Å². The molecule has 3 N–H and O–H groups in total. The van der Waals surface area contributed by atoms with Gasteiger partial charge in [-0.3, -0.25) is 10.1 Å². The van der Waals surface area contributed by atoms with Crippen LogP contribution in [0.2, 0.25) is 0 Å². The number of nitrogens with one attached hydrogen (secondary N) is 3. The first-order valence-electron chi connectivity index (χ1n) is 9.08. The monoisotopic (exact) mass is 480 g/mol. The van der Waals surface area contributed by atoms with Crippen molar-refractivity contribution < 1.29 is 21.6 Å². The highest BCUT2D eigenvalue weighted by molar-refractivity contribution is 7.89. The van der Waals surface area contributed by atoms with Crippen molar-refractivity contribution in [2.75, 3.05) is 18.4 Å². The van der Waals surface area contributed by atoms with E-state index in [-0.39, 0.29) is 28.4 Å². The molecule has 0 fully saturated rings. The Labute approximate surface area is 184 Å². The highest BCUT2D eigenvalue weighted by atomic mass is 32.2. The van der Waals surface area contributed by atoms with Gasteiger partial charge in [0.25, 0.3) is 5.91 Å². The lowest BCUT2D eigenvalue weighted by atomic mass is 10.2. The molecule has 1 aromatic heterocycles. The van der Waals surface area contributed by atoms with Crippen molar-refractivity contribution in [2.45, 2.75) is 16.7 Å². The number of thiazole rings is 1. The number of hydrogen-bond acceptors (Lipinski definition) is 7. The zero-order valence-electron chi connectivity index (χ0n) is 16.5. The second-order valence-corrected chi connectivity index (χ2v) is 10.8. The lowest BCUT2D eigenvalue weighted by molar-refractivity contribution is 0.102. The van der Waals surface area contributed by atoms with E-state index in [4.69, 9.17) is 0 Å². The Balaban J connectivity index is 1.78. The summed E-state index contributed by atoms with van der Waals surface area (Å²) < 4.78 is 53.9. The summed E-state index contributed by atoms with van der Waals surface area (Å²) in [7, 11) is -7.28. The van der Waals surface area contributed by atoms with E-state index >= 15 is 0 Å². The predicted octanol–water partition coefficient (Wildman–Crippen LogP) is 2.31.